The Morgan fingerprint density at radius 2 is 1.90 bits per heavy atom. The molecule has 1 saturated heterocycles. The topological polar surface area (TPSA) is 18.5 Å². The highest BCUT2D eigenvalue weighted by Crippen LogP contribution is 2.19. The molecule has 1 aliphatic heterocycles. The third kappa shape index (κ3) is 4.39. The van der Waals surface area contributed by atoms with E-state index in [2.05, 4.69) is 36.0 Å². The van der Waals surface area contributed by atoms with Crippen LogP contribution in [0, 0.1) is 5.82 Å². The Hall–Kier alpha value is -0.680. The molecule has 0 bridgehead atoms. The van der Waals surface area contributed by atoms with Crippen LogP contribution in [-0.2, 0) is 6.54 Å². The van der Waals surface area contributed by atoms with Gasteiger partial charge >= 0.3 is 0 Å². The summed E-state index contributed by atoms with van der Waals surface area (Å²) < 4.78 is 13.8. The predicted octanol–water partition coefficient (Wildman–Crippen LogP) is 2.59. The Morgan fingerprint density at radius 1 is 1.24 bits per heavy atom. The van der Waals surface area contributed by atoms with Gasteiger partial charge < -0.3 is 10.2 Å². The van der Waals surface area contributed by atoms with E-state index in [4.69, 9.17) is 11.6 Å². The van der Waals surface area contributed by atoms with Crippen molar-refractivity contribution in [1.29, 1.82) is 0 Å². The summed E-state index contributed by atoms with van der Waals surface area (Å²) in [6.07, 6.45) is 0. The van der Waals surface area contributed by atoms with Gasteiger partial charge in [0.1, 0.15) is 5.82 Å². The van der Waals surface area contributed by atoms with Crippen molar-refractivity contribution in [2.75, 3.05) is 39.8 Å². The number of hydrogen-bond donors (Lipinski definition) is 1. The van der Waals surface area contributed by atoms with Gasteiger partial charge in [-0.25, -0.2) is 4.39 Å². The minimum absolute atomic E-state index is 0.0658. The fourth-order valence-electron chi connectivity index (χ4n) is 2.71. The second kappa shape index (κ2) is 7.05. The number of benzene rings is 1. The van der Waals surface area contributed by atoms with Crippen LogP contribution < -0.4 is 5.32 Å². The molecule has 21 heavy (non-hydrogen) atoms. The van der Waals surface area contributed by atoms with Crippen molar-refractivity contribution in [3.8, 4) is 0 Å². The maximum absolute atomic E-state index is 13.8. The number of halogens is 2. The van der Waals surface area contributed by atoms with Crippen LogP contribution in [0.2, 0.25) is 5.02 Å². The van der Waals surface area contributed by atoms with Crippen molar-refractivity contribution in [3.63, 3.8) is 0 Å². The average Bonchev–Trinajstić information content (AvgIpc) is 2.44. The van der Waals surface area contributed by atoms with Crippen LogP contribution in [-0.4, -0.2) is 55.1 Å². The summed E-state index contributed by atoms with van der Waals surface area (Å²) in [5.74, 6) is -0.316. The minimum Gasteiger partial charge on any atom is -0.311 e. The summed E-state index contributed by atoms with van der Waals surface area (Å²) >= 11 is 5.80. The SMILES string of the molecule is CN1CCN(C(C)(C)CNCc2cccc(Cl)c2F)CC1. The van der Waals surface area contributed by atoms with Crippen LogP contribution in [0.4, 0.5) is 4.39 Å². The summed E-state index contributed by atoms with van der Waals surface area (Å²) in [7, 11) is 2.16. The van der Waals surface area contributed by atoms with Gasteiger partial charge in [0, 0.05) is 50.4 Å². The summed E-state index contributed by atoms with van der Waals surface area (Å²) in [6, 6.07) is 5.14. The lowest BCUT2D eigenvalue weighted by atomic mass is 10.0. The van der Waals surface area contributed by atoms with E-state index in [-0.39, 0.29) is 16.4 Å². The molecule has 5 heteroatoms. The van der Waals surface area contributed by atoms with E-state index >= 15 is 0 Å². The van der Waals surface area contributed by atoms with E-state index in [9.17, 15) is 4.39 Å². The van der Waals surface area contributed by atoms with Crippen LogP contribution in [0.25, 0.3) is 0 Å². The summed E-state index contributed by atoms with van der Waals surface area (Å²) in [5.41, 5.74) is 0.688. The molecule has 3 nitrogen and oxygen atoms in total. The number of hydrogen-bond acceptors (Lipinski definition) is 3. The van der Waals surface area contributed by atoms with Gasteiger partial charge in [0.05, 0.1) is 5.02 Å². The fraction of sp³-hybridized carbons (Fsp3) is 0.625. The average molecular weight is 314 g/mol. The van der Waals surface area contributed by atoms with Gasteiger partial charge in [0.2, 0.25) is 0 Å². The molecule has 1 heterocycles. The van der Waals surface area contributed by atoms with Crippen molar-refractivity contribution in [1.82, 2.24) is 15.1 Å². The third-order valence-electron chi connectivity index (χ3n) is 4.26. The molecule has 0 unspecified atom stereocenters. The molecule has 1 aromatic carbocycles. The van der Waals surface area contributed by atoms with Crippen molar-refractivity contribution < 1.29 is 4.39 Å². The normalized spacial score (nSPS) is 18.1. The lowest BCUT2D eigenvalue weighted by Gasteiger charge is -2.43. The molecule has 1 aliphatic rings. The van der Waals surface area contributed by atoms with E-state index in [1.54, 1.807) is 18.2 Å². The molecule has 0 spiro atoms. The van der Waals surface area contributed by atoms with E-state index in [1.165, 1.54) is 0 Å². The van der Waals surface area contributed by atoms with Gasteiger partial charge in [0.15, 0.2) is 0 Å². The Labute approximate surface area is 132 Å². The number of rotatable bonds is 5. The van der Waals surface area contributed by atoms with Gasteiger partial charge in [-0.05, 0) is 27.0 Å². The Kier molecular flexibility index (Phi) is 5.60. The van der Waals surface area contributed by atoms with Crippen LogP contribution in [0.5, 0.6) is 0 Å². The highest BCUT2D eigenvalue weighted by atomic mass is 35.5. The van der Waals surface area contributed by atoms with Crippen LogP contribution in [0.1, 0.15) is 19.4 Å². The highest BCUT2D eigenvalue weighted by molar-refractivity contribution is 6.30. The molecular weight excluding hydrogens is 289 g/mol. The summed E-state index contributed by atoms with van der Waals surface area (Å²) in [4.78, 5) is 4.84. The van der Waals surface area contributed by atoms with Gasteiger partial charge in [-0.1, -0.05) is 23.7 Å². The highest BCUT2D eigenvalue weighted by Gasteiger charge is 2.28. The molecule has 0 saturated carbocycles. The smallest absolute Gasteiger partial charge is 0.146 e. The molecule has 2 rings (SSSR count). The second-order valence-corrected chi connectivity index (χ2v) is 6.83. The predicted molar refractivity (Wildman–Crippen MR) is 86.3 cm³/mol. The molecule has 1 fully saturated rings. The molecule has 1 N–H and O–H groups in total. The Bertz CT molecular complexity index is 471. The van der Waals surface area contributed by atoms with E-state index in [0.717, 1.165) is 32.7 Å². The zero-order chi connectivity index (χ0) is 15.5. The standard InChI is InChI=1S/C16H25ClFN3/c1-16(2,21-9-7-20(3)8-10-21)12-19-11-13-5-4-6-14(17)15(13)18/h4-6,19H,7-12H2,1-3H3. The van der Waals surface area contributed by atoms with Crippen molar-refractivity contribution in [3.05, 3.63) is 34.6 Å². The molecular formula is C16H25ClFN3. The number of piperazine rings is 1. The van der Waals surface area contributed by atoms with Crippen molar-refractivity contribution in [2.24, 2.45) is 0 Å². The first kappa shape index (κ1) is 16.7. The van der Waals surface area contributed by atoms with Crippen LogP contribution >= 0.6 is 11.6 Å². The van der Waals surface area contributed by atoms with Crippen LogP contribution in [0.15, 0.2) is 18.2 Å². The van der Waals surface area contributed by atoms with E-state index in [0.29, 0.717) is 12.1 Å². The fourth-order valence-corrected chi connectivity index (χ4v) is 2.91. The second-order valence-electron chi connectivity index (χ2n) is 6.42. The first-order valence-corrected chi connectivity index (χ1v) is 7.85. The molecule has 118 valence electrons. The number of likely N-dealkylation sites (N-methyl/N-ethyl adjacent to an activating group) is 1. The maximum atomic E-state index is 13.8. The minimum atomic E-state index is -0.316. The van der Waals surface area contributed by atoms with Crippen LogP contribution in [0.3, 0.4) is 0 Å². The Balaban J connectivity index is 1.85. The first-order chi connectivity index (χ1) is 9.90. The van der Waals surface area contributed by atoms with E-state index < -0.39 is 0 Å². The number of nitrogens with one attached hydrogen (secondary N) is 1. The Morgan fingerprint density at radius 3 is 2.57 bits per heavy atom. The maximum Gasteiger partial charge on any atom is 0.146 e. The molecule has 0 aliphatic carbocycles. The first-order valence-electron chi connectivity index (χ1n) is 7.47. The zero-order valence-corrected chi connectivity index (χ0v) is 13.9. The molecule has 0 aromatic heterocycles. The van der Waals surface area contributed by atoms with Crippen molar-refractivity contribution in [2.45, 2.75) is 25.9 Å². The monoisotopic (exact) mass is 313 g/mol. The van der Waals surface area contributed by atoms with Crippen molar-refractivity contribution >= 4 is 11.6 Å². The molecule has 0 amide bonds. The van der Waals surface area contributed by atoms with E-state index in [1.807, 2.05) is 0 Å². The number of nitrogens with zero attached hydrogens (tertiary/aromatic N) is 2. The lowest BCUT2D eigenvalue weighted by molar-refractivity contribution is 0.0617. The largest absolute Gasteiger partial charge is 0.311 e. The molecule has 0 atom stereocenters. The summed E-state index contributed by atoms with van der Waals surface area (Å²) in [5, 5.41) is 3.55. The molecule has 1 aromatic rings. The lowest BCUT2D eigenvalue weighted by Crippen LogP contribution is -2.57. The zero-order valence-electron chi connectivity index (χ0n) is 13.1. The van der Waals surface area contributed by atoms with Gasteiger partial charge in [0.25, 0.3) is 0 Å². The molecule has 0 radical (unpaired) electrons. The van der Waals surface area contributed by atoms with Gasteiger partial charge in [-0.3, -0.25) is 4.90 Å². The van der Waals surface area contributed by atoms with Gasteiger partial charge in [-0.15, -0.1) is 0 Å². The van der Waals surface area contributed by atoms with Gasteiger partial charge in [-0.2, -0.15) is 0 Å². The quantitative estimate of drug-likeness (QED) is 0.901. The third-order valence-corrected chi connectivity index (χ3v) is 4.56. The summed E-state index contributed by atoms with van der Waals surface area (Å²) in [6.45, 7) is 10.2.